The first-order valence-corrected chi connectivity index (χ1v) is 6.85. The van der Waals surface area contributed by atoms with Crippen LogP contribution in [0.15, 0.2) is 4.52 Å². The van der Waals surface area contributed by atoms with Crippen molar-refractivity contribution in [1.29, 1.82) is 0 Å². The van der Waals surface area contributed by atoms with Crippen molar-refractivity contribution in [2.75, 3.05) is 6.54 Å². The van der Waals surface area contributed by atoms with E-state index in [9.17, 15) is 0 Å². The van der Waals surface area contributed by atoms with Crippen LogP contribution in [0, 0.1) is 12.8 Å². The Kier molecular flexibility index (Phi) is 3.14. The number of nitrogens with zero attached hydrogens (tertiary/aromatic N) is 2. The lowest BCUT2D eigenvalue weighted by molar-refractivity contribution is 0.281. The third kappa shape index (κ3) is 2.86. The van der Waals surface area contributed by atoms with E-state index >= 15 is 0 Å². The van der Waals surface area contributed by atoms with Gasteiger partial charge in [0.05, 0.1) is 0 Å². The third-order valence-electron chi connectivity index (χ3n) is 4.01. The Morgan fingerprint density at radius 1 is 1.18 bits per heavy atom. The fraction of sp³-hybridized carbons (Fsp3) is 0.846. The van der Waals surface area contributed by atoms with Crippen molar-refractivity contribution < 1.29 is 4.52 Å². The Labute approximate surface area is 102 Å². The second kappa shape index (κ2) is 4.77. The summed E-state index contributed by atoms with van der Waals surface area (Å²) in [6.45, 7) is 3.12. The standard InChI is InChI=1S/C13H21N3O/c1-9-15-13(17-16-9)11-4-6-12(7-5-11)14-8-10-2-3-10/h10-12,14H,2-8H2,1H3. The van der Waals surface area contributed by atoms with Crippen molar-refractivity contribution in [3.8, 4) is 0 Å². The summed E-state index contributed by atoms with van der Waals surface area (Å²) in [6, 6.07) is 0.718. The van der Waals surface area contributed by atoms with Crippen molar-refractivity contribution >= 4 is 0 Å². The van der Waals surface area contributed by atoms with Gasteiger partial charge < -0.3 is 9.84 Å². The van der Waals surface area contributed by atoms with Gasteiger partial charge in [-0.1, -0.05) is 5.16 Å². The molecule has 0 saturated heterocycles. The monoisotopic (exact) mass is 235 g/mol. The van der Waals surface area contributed by atoms with Crippen LogP contribution in [0.25, 0.3) is 0 Å². The molecule has 1 aromatic heterocycles. The molecule has 0 aliphatic heterocycles. The van der Waals surface area contributed by atoms with Crippen LogP contribution in [-0.2, 0) is 0 Å². The van der Waals surface area contributed by atoms with E-state index < -0.39 is 0 Å². The molecule has 1 heterocycles. The number of nitrogens with one attached hydrogen (secondary N) is 1. The molecule has 0 aromatic carbocycles. The van der Waals surface area contributed by atoms with Crippen molar-refractivity contribution in [3.05, 3.63) is 11.7 Å². The van der Waals surface area contributed by atoms with Crippen LogP contribution in [0.3, 0.4) is 0 Å². The van der Waals surface area contributed by atoms with E-state index in [4.69, 9.17) is 4.52 Å². The first kappa shape index (κ1) is 11.2. The van der Waals surface area contributed by atoms with Gasteiger partial charge in [-0.3, -0.25) is 0 Å². The summed E-state index contributed by atoms with van der Waals surface area (Å²) < 4.78 is 5.27. The lowest BCUT2D eigenvalue weighted by Crippen LogP contribution is -2.34. The summed E-state index contributed by atoms with van der Waals surface area (Å²) >= 11 is 0. The Morgan fingerprint density at radius 2 is 1.94 bits per heavy atom. The number of aromatic nitrogens is 2. The molecular weight excluding hydrogens is 214 g/mol. The van der Waals surface area contributed by atoms with Gasteiger partial charge in [0.2, 0.25) is 5.89 Å². The highest BCUT2D eigenvalue weighted by molar-refractivity contribution is 4.96. The van der Waals surface area contributed by atoms with Gasteiger partial charge in [-0.25, -0.2) is 0 Å². The second-order valence-corrected chi connectivity index (χ2v) is 5.58. The predicted molar refractivity (Wildman–Crippen MR) is 64.8 cm³/mol. The predicted octanol–water partition coefficient (Wildman–Crippen LogP) is 2.40. The fourth-order valence-corrected chi connectivity index (χ4v) is 2.68. The zero-order chi connectivity index (χ0) is 11.7. The van der Waals surface area contributed by atoms with Crippen LogP contribution in [0.2, 0.25) is 0 Å². The van der Waals surface area contributed by atoms with Crippen molar-refractivity contribution in [2.45, 2.75) is 57.4 Å². The van der Waals surface area contributed by atoms with Gasteiger partial charge >= 0.3 is 0 Å². The molecule has 2 saturated carbocycles. The number of hydrogen-bond donors (Lipinski definition) is 1. The zero-order valence-electron chi connectivity index (χ0n) is 10.5. The Bertz CT molecular complexity index is 364. The molecule has 0 amide bonds. The van der Waals surface area contributed by atoms with E-state index in [2.05, 4.69) is 15.5 Å². The maximum atomic E-state index is 5.27. The zero-order valence-corrected chi connectivity index (χ0v) is 10.5. The quantitative estimate of drug-likeness (QED) is 0.870. The molecule has 4 nitrogen and oxygen atoms in total. The van der Waals surface area contributed by atoms with Crippen molar-refractivity contribution in [2.24, 2.45) is 5.92 Å². The number of hydrogen-bond acceptors (Lipinski definition) is 4. The van der Waals surface area contributed by atoms with E-state index in [1.54, 1.807) is 0 Å². The maximum Gasteiger partial charge on any atom is 0.229 e. The first-order valence-electron chi connectivity index (χ1n) is 6.85. The smallest absolute Gasteiger partial charge is 0.229 e. The molecule has 3 rings (SSSR count). The van der Waals surface area contributed by atoms with E-state index in [0.29, 0.717) is 5.92 Å². The molecule has 2 fully saturated rings. The summed E-state index contributed by atoms with van der Waals surface area (Å²) in [6.07, 6.45) is 7.73. The van der Waals surface area contributed by atoms with Gasteiger partial charge in [-0.2, -0.15) is 4.98 Å². The molecule has 94 valence electrons. The van der Waals surface area contributed by atoms with Gasteiger partial charge in [-0.15, -0.1) is 0 Å². The Hall–Kier alpha value is -0.900. The molecule has 0 atom stereocenters. The summed E-state index contributed by atoms with van der Waals surface area (Å²) in [5.41, 5.74) is 0. The average Bonchev–Trinajstić information content (AvgIpc) is 3.09. The molecule has 0 unspecified atom stereocenters. The minimum absolute atomic E-state index is 0.496. The normalized spacial score (nSPS) is 29.5. The highest BCUT2D eigenvalue weighted by Gasteiger charge is 2.27. The number of aryl methyl sites for hydroxylation is 1. The molecule has 2 aliphatic rings. The highest BCUT2D eigenvalue weighted by Crippen LogP contribution is 2.33. The van der Waals surface area contributed by atoms with E-state index in [1.807, 2.05) is 6.92 Å². The minimum atomic E-state index is 0.496. The third-order valence-corrected chi connectivity index (χ3v) is 4.01. The van der Waals surface area contributed by atoms with Crippen LogP contribution >= 0.6 is 0 Å². The largest absolute Gasteiger partial charge is 0.339 e. The lowest BCUT2D eigenvalue weighted by atomic mass is 9.86. The number of rotatable bonds is 4. The molecule has 0 bridgehead atoms. The summed E-state index contributed by atoms with van der Waals surface area (Å²) in [4.78, 5) is 4.35. The van der Waals surface area contributed by atoms with Gasteiger partial charge in [-0.05, 0) is 57.9 Å². The second-order valence-electron chi connectivity index (χ2n) is 5.58. The molecule has 17 heavy (non-hydrogen) atoms. The highest BCUT2D eigenvalue weighted by atomic mass is 16.5. The summed E-state index contributed by atoms with van der Waals surface area (Å²) in [5, 5.41) is 7.57. The Morgan fingerprint density at radius 3 is 2.53 bits per heavy atom. The van der Waals surface area contributed by atoms with E-state index in [-0.39, 0.29) is 0 Å². The maximum absolute atomic E-state index is 5.27. The topological polar surface area (TPSA) is 51.0 Å². The SMILES string of the molecule is Cc1noc(C2CCC(NCC3CC3)CC2)n1. The van der Waals surface area contributed by atoms with Crippen LogP contribution in [0.1, 0.15) is 56.2 Å². The summed E-state index contributed by atoms with van der Waals surface area (Å²) in [5.74, 6) is 3.08. The van der Waals surface area contributed by atoms with Crippen LogP contribution in [0.5, 0.6) is 0 Å². The van der Waals surface area contributed by atoms with Crippen molar-refractivity contribution in [1.82, 2.24) is 15.5 Å². The average molecular weight is 235 g/mol. The lowest BCUT2D eigenvalue weighted by Gasteiger charge is -2.27. The molecule has 0 radical (unpaired) electrons. The molecule has 1 aromatic rings. The molecule has 1 N–H and O–H groups in total. The van der Waals surface area contributed by atoms with Gasteiger partial charge in [0.15, 0.2) is 5.82 Å². The fourth-order valence-electron chi connectivity index (χ4n) is 2.68. The van der Waals surface area contributed by atoms with Crippen LogP contribution < -0.4 is 5.32 Å². The minimum Gasteiger partial charge on any atom is -0.339 e. The molecule has 0 spiro atoms. The van der Waals surface area contributed by atoms with E-state index in [1.165, 1.54) is 45.1 Å². The molecular formula is C13H21N3O. The van der Waals surface area contributed by atoms with Gasteiger partial charge in [0.1, 0.15) is 0 Å². The van der Waals surface area contributed by atoms with E-state index in [0.717, 1.165) is 23.7 Å². The molecule has 2 aliphatic carbocycles. The Balaban J connectivity index is 1.46. The van der Waals surface area contributed by atoms with Crippen LogP contribution in [0.4, 0.5) is 0 Å². The van der Waals surface area contributed by atoms with Gasteiger partial charge in [0, 0.05) is 12.0 Å². The van der Waals surface area contributed by atoms with Crippen molar-refractivity contribution in [3.63, 3.8) is 0 Å². The van der Waals surface area contributed by atoms with Gasteiger partial charge in [0.25, 0.3) is 0 Å². The molecule has 4 heteroatoms. The first-order chi connectivity index (χ1) is 8.31. The summed E-state index contributed by atoms with van der Waals surface area (Å²) in [7, 11) is 0. The van der Waals surface area contributed by atoms with Crippen LogP contribution in [-0.4, -0.2) is 22.7 Å².